The minimum atomic E-state index is 0.137. The summed E-state index contributed by atoms with van der Waals surface area (Å²) < 4.78 is 5.60. The van der Waals surface area contributed by atoms with E-state index in [1.54, 1.807) is 19.0 Å². The molecule has 1 rings (SSSR count). The van der Waals surface area contributed by atoms with Crippen molar-refractivity contribution in [1.82, 2.24) is 4.90 Å². The third-order valence-corrected chi connectivity index (χ3v) is 2.34. The van der Waals surface area contributed by atoms with Gasteiger partial charge in [0.05, 0.1) is 0 Å². The number of nitrogens with zero attached hydrogens (tertiary/aromatic N) is 1. The van der Waals surface area contributed by atoms with Crippen molar-refractivity contribution in [3.8, 4) is 0 Å². The molecular formula is C12H19NO2. The minimum Gasteiger partial charge on any atom is -0.466 e. The molecule has 1 aromatic heterocycles. The average Bonchev–Trinajstić information content (AvgIpc) is 2.62. The molecule has 0 radical (unpaired) electrons. The summed E-state index contributed by atoms with van der Waals surface area (Å²) in [5.74, 6) is 2.43. The topological polar surface area (TPSA) is 33.5 Å². The SMILES string of the molecule is CC(C)c1ccc(CCC(=O)N(C)C)o1. The molecule has 1 heterocycles. The van der Waals surface area contributed by atoms with E-state index in [1.807, 2.05) is 12.1 Å². The van der Waals surface area contributed by atoms with Gasteiger partial charge in [0.15, 0.2) is 0 Å². The van der Waals surface area contributed by atoms with Gasteiger partial charge in [-0.2, -0.15) is 0 Å². The fourth-order valence-corrected chi connectivity index (χ4v) is 1.29. The van der Waals surface area contributed by atoms with Crippen LogP contribution in [0.3, 0.4) is 0 Å². The van der Waals surface area contributed by atoms with Crippen molar-refractivity contribution in [2.75, 3.05) is 14.1 Å². The highest BCUT2D eigenvalue weighted by atomic mass is 16.3. The fourth-order valence-electron chi connectivity index (χ4n) is 1.29. The van der Waals surface area contributed by atoms with Gasteiger partial charge in [0.2, 0.25) is 5.91 Å². The fraction of sp³-hybridized carbons (Fsp3) is 0.583. The first kappa shape index (κ1) is 11.8. The molecule has 3 heteroatoms. The van der Waals surface area contributed by atoms with E-state index < -0.39 is 0 Å². The first-order valence-electron chi connectivity index (χ1n) is 5.29. The summed E-state index contributed by atoms with van der Waals surface area (Å²) in [6, 6.07) is 3.94. The maximum Gasteiger partial charge on any atom is 0.222 e. The van der Waals surface area contributed by atoms with Crippen LogP contribution in [0.2, 0.25) is 0 Å². The molecule has 0 fully saturated rings. The summed E-state index contributed by atoms with van der Waals surface area (Å²) in [6.45, 7) is 4.18. The number of furan rings is 1. The zero-order chi connectivity index (χ0) is 11.4. The van der Waals surface area contributed by atoms with Crippen molar-refractivity contribution in [2.24, 2.45) is 0 Å². The largest absolute Gasteiger partial charge is 0.466 e. The van der Waals surface area contributed by atoms with E-state index in [0.717, 1.165) is 11.5 Å². The van der Waals surface area contributed by atoms with Crippen LogP contribution >= 0.6 is 0 Å². The molecule has 0 N–H and O–H groups in total. The Hall–Kier alpha value is -1.25. The molecule has 0 saturated heterocycles. The van der Waals surface area contributed by atoms with E-state index >= 15 is 0 Å². The Kier molecular flexibility index (Phi) is 3.95. The summed E-state index contributed by atoms with van der Waals surface area (Å²) in [6.07, 6.45) is 1.20. The Morgan fingerprint density at radius 1 is 1.40 bits per heavy atom. The molecule has 84 valence electrons. The minimum absolute atomic E-state index is 0.137. The molecule has 1 aromatic rings. The third-order valence-electron chi connectivity index (χ3n) is 2.34. The van der Waals surface area contributed by atoms with Gasteiger partial charge >= 0.3 is 0 Å². The van der Waals surface area contributed by atoms with E-state index in [1.165, 1.54) is 0 Å². The highest BCUT2D eigenvalue weighted by Crippen LogP contribution is 2.18. The van der Waals surface area contributed by atoms with E-state index in [4.69, 9.17) is 4.42 Å². The zero-order valence-corrected chi connectivity index (χ0v) is 9.91. The van der Waals surface area contributed by atoms with Crippen LogP contribution in [0.5, 0.6) is 0 Å². The Balaban J connectivity index is 2.48. The molecule has 15 heavy (non-hydrogen) atoms. The van der Waals surface area contributed by atoms with Crippen LogP contribution in [0.1, 0.15) is 37.7 Å². The zero-order valence-electron chi connectivity index (χ0n) is 9.91. The standard InChI is InChI=1S/C12H19NO2/c1-9(2)11-7-5-10(15-11)6-8-12(14)13(3)4/h5,7,9H,6,8H2,1-4H3. The Morgan fingerprint density at radius 3 is 2.53 bits per heavy atom. The summed E-state index contributed by atoms with van der Waals surface area (Å²) >= 11 is 0. The van der Waals surface area contributed by atoms with Gasteiger partial charge in [0.1, 0.15) is 11.5 Å². The highest BCUT2D eigenvalue weighted by Gasteiger charge is 2.08. The van der Waals surface area contributed by atoms with E-state index in [-0.39, 0.29) is 5.91 Å². The predicted octanol–water partition coefficient (Wildman–Crippen LogP) is 2.42. The molecule has 0 unspecified atom stereocenters. The number of carbonyl (C=O) groups is 1. The maximum absolute atomic E-state index is 11.3. The van der Waals surface area contributed by atoms with Crippen molar-refractivity contribution < 1.29 is 9.21 Å². The van der Waals surface area contributed by atoms with Crippen molar-refractivity contribution >= 4 is 5.91 Å². The van der Waals surface area contributed by atoms with Crippen molar-refractivity contribution in [2.45, 2.75) is 32.6 Å². The lowest BCUT2D eigenvalue weighted by atomic mass is 10.2. The van der Waals surface area contributed by atoms with Crippen LogP contribution in [0, 0.1) is 0 Å². The van der Waals surface area contributed by atoms with Gasteiger partial charge in [0, 0.05) is 32.9 Å². The van der Waals surface area contributed by atoms with Crippen LogP contribution in [-0.4, -0.2) is 24.9 Å². The van der Waals surface area contributed by atoms with Gasteiger partial charge < -0.3 is 9.32 Å². The van der Waals surface area contributed by atoms with E-state index in [0.29, 0.717) is 18.8 Å². The number of amides is 1. The smallest absolute Gasteiger partial charge is 0.222 e. The van der Waals surface area contributed by atoms with Crippen LogP contribution in [0.4, 0.5) is 0 Å². The molecule has 0 bridgehead atoms. The van der Waals surface area contributed by atoms with Gasteiger partial charge in [0.25, 0.3) is 0 Å². The summed E-state index contributed by atoms with van der Waals surface area (Å²) in [5.41, 5.74) is 0. The number of aryl methyl sites for hydroxylation is 1. The third kappa shape index (κ3) is 3.42. The lowest BCUT2D eigenvalue weighted by molar-refractivity contribution is -0.128. The molecule has 1 amide bonds. The Labute approximate surface area is 91.1 Å². The average molecular weight is 209 g/mol. The van der Waals surface area contributed by atoms with Crippen LogP contribution in [0.15, 0.2) is 16.5 Å². The van der Waals surface area contributed by atoms with Gasteiger partial charge in [-0.25, -0.2) is 0 Å². The molecular weight excluding hydrogens is 190 g/mol. The van der Waals surface area contributed by atoms with E-state index in [9.17, 15) is 4.79 Å². The molecule has 3 nitrogen and oxygen atoms in total. The summed E-state index contributed by atoms with van der Waals surface area (Å²) in [7, 11) is 3.54. The number of hydrogen-bond acceptors (Lipinski definition) is 2. The number of rotatable bonds is 4. The first-order valence-corrected chi connectivity index (χ1v) is 5.29. The molecule has 0 aliphatic heterocycles. The quantitative estimate of drug-likeness (QED) is 0.763. The predicted molar refractivity (Wildman–Crippen MR) is 59.8 cm³/mol. The van der Waals surface area contributed by atoms with Crippen molar-refractivity contribution in [3.63, 3.8) is 0 Å². The van der Waals surface area contributed by atoms with Gasteiger partial charge in [-0.1, -0.05) is 13.8 Å². The lowest BCUT2D eigenvalue weighted by Crippen LogP contribution is -2.21. The Bertz CT molecular complexity index is 326. The van der Waals surface area contributed by atoms with Gasteiger partial charge in [-0.15, -0.1) is 0 Å². The molecule has 0 aromatic carbocycles. The summed E-state index contributed by atoms with van der Waals surface area (Å²) in [5, 5.41) is 0. The molecule has 0 aliphatic carbocycles. The number of hydrogen-bond donors (Lipinski definition) is 0. The second-order valence-corrected chi connectivity index (χ2v) is 4.25. The van der Waals surface area contributed by atoms with Crippen LogP contribution < -0.4 is 0 Å². The van der Waals surface area contributed by atoms with Crippen molar-refractivity contribution in [3.05, 3.63) is 23.7 Å². The van der Waals surface area contributed by atoms with Gasteiger partial charge in [-0.05, 0) is 12.1 Å². The number of carbonyl (C=O) groups excluding carboxylic acids is 1. The first-order chi connectivity index (χ1) is 7.00. The lowest BCUT2D eigenvalue weighted by Gasteiger charge is -2.08. The second-order valence-electron chi connectivity index (χ2n) is 4.25. The molecule has 0 saturated carbocycles. The normalized spacial score (nSPS) is 10.7. The molecule has 0 spiro atoms. The monoisotopic (exact) mass is 209 g/mol. The van der Waals surface area contributed by atoms with Crippen molar-refractivity contribution in [1.29, 1.82) is 0 Å². The van der Waals surface area contributed by atoms with Crippen LogP contribution in [-0.2, 0) is 11.2 Å². The summed E-state index contributed by atoms with van der Waals surface area (Å²) in [4.78, 5) is 12.9. The maximum atomic E-state index is 11.3. The van der Waals surface area contributed by atoms with E-state index in [2.05, 4.69) is 13.8 Å². The molecule has 0 atom stereocenters. The second kappa shape index (κ2) is 5.01. The molecule has 0 aliphatic rings. The van der Waals surface area contributed by atoms with Gasteiger partial charge in [-0.3, -0.25) is 4.79 Å². The van der Waals surface area contributed by atoms with Crippen LogP contribution in [0.25, 0.3) is 0 Å². The Morgan fingerprint density at radius 2 is 2.07 bits per heavy atom. The highest BCUT2D eigenvalue weighted by molar-refractivity contribution is 5.75.